The first-order valence-electron chi connectivity index (χ1n) is 15.3. The molecule has 2 atom stereocenters. The van der Waals surface area contributed by atoms with Gasteiger partial charge in [-0.05, 0) is 83.4 Å². The molecule has 2 aliphatic rings. The zero-order valence-corrected chi connectivity index (χ0v) is 27.0. The summed E-state index contributed by atoms with van der Waals surface area (Å²) < 4.78 is 0. The summed E-state index contributed by atoms with van der Waals surface area (Å²) in [6.45, 7) is 30.2. The second-order valence-corrected chi connectivity index (χ2v) is 11.1. The van der Waals surface area contributed by atoms with Gasteiger partial charge in [0.1, 0.15) is 0 Å². The molecular formula is C36H64. The summed E-state index contributed by atoms with van der Waals surface area (Å²) in [4.78, 5) is 0. The Hall–Kier alpha value is -1.56. The minimum atomic E-state index is 0.413. The molecule has 0 saturated carbocycles. The second kappa shape index (κ2) is 19.5. The smallest absolute Gasteiger partial charge is 0.0110 e. The van der Waals surface area contributed by atoms with Gasteiger partial charge in [-0.25, -0.2) is 0 Å². The molecule has 0 spiro atoms. The zero-order valence-electron chi connectivity index (χ0n) is 27.0. The van der Waals surface area contributed by atoms with Gasteiger partial charge in [0.25, 0.3) is 0 Å². The van der Waals surface area contributed by atoms with Crippen LogP contribution < -0.4 is 0 Å². The SMILES string of the molecule is CC.CC.CC.CC.CC(C)(C)C1CCCc2ccccc21.CC(C)(C)C1CCc2ccccc2C1. The fourth-order valence-corrected chi connectivity index (χ4v) is 5.09. The van der Waals surface area contributed by atoms with Crippen LogP contribution in [0.2, 0.25) is 0 Å². The number of fused-ring (bicyclic) bond motifs is 2. The van der Waals surface area contributed by atoms with Gasteiger partial charge in [0.05, 0.1) is 0 Å². The van der Waals surface area contributed by atoms with Gasteiger partial charge in [-0.2, -0.15) is 0 Å². The van der Waals surface area contributed by atoms with Crippen LogP contribution in [0.1, 0.15) is 144 Å². The maximum Gasteiger partial charge on any atom is -0.0110 e. The molecule has 0 heteroatoms. The summed E-state index contributed by atoms with van der Waals surface area (Å²) in [5.41, 5.74) is 7.22. The molecule has 0 aromatic heterocycles. The van der Waals surface area contributed by atoms with E-state index in [9.17, 15) is 0 Å². The minimum absolute atomic E-state index is 0.413. The maximum atomic E-state index is 2.37. The molecule has 208 valence electrons. The quantitative estimate of drug-likeness (QED) is 0.340. The van der Waals surface area contributed by atoms with E-state index in [0.717, 1.165) is 11.8 Å². The van der Waals surface area contributed by atoms with E-state index in [1.165, 1.54) is 38.5 Å². The molecular weight excluding hydrogens is 432 g/mol. The van der Waals surface area contributed by atoms with E-state index in [-0.39, 0.29) is 0 Å². The molecule has 0 aliphatic heterocycles. The third-order valence-electron chi connectivity index (χ3n) is 6.99. The number of aryl methyl sites for hydroxylation is 2. The molecule has 0 nitrogen and oxygen atoms in total. The van der Waals surface area contributed by atoms with Crippen LogP contribution in [-0.4, -0.2) is 0 Å². The standard InChI is InChI=1S/2C14H20.4C2H6/c1-14(2,3)13-10-6-8-11-7-4-5-9-12(11)13;1-14(2,3)13-9-8-11-6-4-5-7-12(11)10-13;4*1-2/h4-5,7,9,13H,6,8,10H2,1-3H3;4-7,13H,8-10H2,1-3H3;4*1-2H3. The van der Waals surface area contributed by atoms with Gasteiger partial charge in [-0.1, -0.05) is 145 Å². The molecule has 0 amide bonds. The molecule has 0 heterocycles. The highest BCUT2D eigenvalue weighted by Gasteiger charge is 2.30. The van der Waals surface area contributed by atoms with Crippen molar-refractivity contribution in [3.8, 4) is 0 Å². The van der Waals surface area contributed by atoms with E-state index >= 15 is 0 Å². The second-order valence-electron chi connectivity index (χ2n) is 11.1. The van der Waals surface area contributed by atoms with Crippen molar-refractivity contribution in [3.63, 3.8) is 0 Å². The molecule has 0 N–H and O–H groups in total. The molecule has 0 fully saturated rings. The monoisotopic (exact) mass is 497 g/mol. The Morgan fingerprint density at radius 1 is 0.528 bits per heavy atom. The first kappa shape index (κ1) is 36.6. The lowest BCUT2D eigenvalue weighted by Crippen LogP contribution is -2.26. The predicted octanol–water partition coefficient (Wildman–Crippen LogP) is 12.1. The average Bonchev–Trinajstić information content (AvgIpc) is 2.92. The average molecular weight is 497 g/mol. The van der Waals surface area contributed by atoms with Crippen molar-refractivity contribution in [2.45, 2.75) is 141 Å². The minimum Gasteiger partial charge on any atom is -0.0683 e. The van der Waals surface area contributed by atoms with Gasteiger partial charge in [0, 0.05) is 0 Å². The van der Waals surface area contributed by atoms with E-state index in [4.69, 9.17) is 0 Å². The summed E-state index contributed by atoms with van der Waals surface area (Å²) in [6, 6.07) is 17.9. The Morgan fingerprint density at radius 2 is 1.00 bits per heavy atom. The lowest BCUT2D eigenvalue weighted by atomic mass is 9.69. The number of hydrogen-bond donors (Lipinski definition) is 0. The van der Waals surface area contributed by atoms with Crippen LogP contribution in [0.25, 0.3) is 0 Å². The van der Waals surface area contributed by atoms with Crippen LogP contribution in [0.3, 0.4) is 0 Å². The molecule has 2 unspecified atom stereocenters. The lowest BCUT2D eigenvalue weighted by molar-refractivity contribution is 0.216. The summed E-state index contributed by atoms with van der Waals surface area (Å²) >= 11 is 0. The molecule has 0 bridgehead atoms. The van der Waals surface area contributed by atoms with Crippen molar-refractivity contribution >= 4 is 0 Å². The Balaban J connectivity index is 0. The highest BCUT2D eigenvalue weighted by molar-refractivity contribution is 5.33. The van der Waals surface area contributed by atoms with E-state index in [1.54, 1.807) is 22.3 Å². The molecule has 2 aliphatic carbocycles. The normalized spacial score (nSPS) is 17.6. The topological polar surface area (TPSA) is 0 Å². The summed E-state index contributed by atoms with van der Waals surface area (Å²) in [6.07, 6.45) is 7.92. The van der Waals surface area contributed by atoms with Crippen molar-refractivity contribution in [1.29, 1.82) is 0 Å². The van der Waals surface area contributed by atoms with Crippen LogP contribution in [0.15, 0.2) is 48.5 Å². The summed E-state index contributed by atoms with van der Waals surface area (Å²) in [5.74, 6) is 1.62. The molecule has 2 aromatic rings. The van der Waals surface area contributed by atoms with Gasteiger partial charge in [-0.3, -0.25) is 0 Å². The van der Waals surface area contributed by atoms with Crippen LogP contribution in [-0.2, 0) is 19.3 Å². The molecule has 4 rings (SSSR count). The van der Waals surface area contributed by atoms with E-state index in [0.29, 0.717) is 10.8 Å². The Kier molecular flexibility index (Phi) is 19.9. The van der Waals surface area contributed by atoms with Gasteiger partial charge >= 0.3 is 0 Å². The first-order valence-corrected chi connectivity index (χ1v) is 15.3. The van der Waals surface area contributed by atoms with Gasteiger partial charge in [-0.15, -0.1) is 0 Å². The van der Waals surface area contributed by atoms with E-state index in [2.05, 4.69) is 90.1 Å². The Bertz CT molecular complexity index is 769. The van der Waals surface area contributed by atoms with Crippen molar-refractivity contribution < 1.29 is 0 Å². The highest BCUT2D eigenvalue weighted by atomic mass is 14.3. The fourth-order valence-electron chi connectivity index (χ4n) is 5.09. The van der Waals surface area contributed by atoms with Gasteiger partial charge in [0.2, 0.25) is 0 Å². The van der Waals surface area contributed by atoms with Crippen molar-refractivity contribution in [3.05, 3.63) is 70.8 Å². The third kappa shape index (κ3) is 12.1. The Morgan fingerprint density at radius 3 is 1.50 bits per heavy atom. The fraction of sp³-hybridized carbons (Fsp3) is 0.667. The summed E-state index contributed by atoms with van der Waals surface area (Å²) in [5, 5.41) is 0. The Labute approximate surface area is 228 Å². The van der Waals surface area contributed by atoms with Crippen LogP contribution in [0.5, 0.6) is 0 Å². The van der Waals surface area contributed by atoms with Gasteiger partial charge < -0.3 is 0 Å². The van der Waals surface area contributed by atoms with E-state index < -0.39 is 0 Å². The predicted molar refractivity (Wildman–Crippen MR) is 168 cm³/mol. The molecule has 0 saturated heterocycles. The zero-order chi connectivity index (χ0) is 28.4. The first-order chi connectivity index (χ1) is 17.2. The maximum absolute atomic E-state index is 2.37. The lowest BCUT2D eigenvalue weighted by Gasteiger charge is -2.35. The third-order valence-corrected chi connectivity index (χ3v) is 6.99. The largest absolute Gasteiger partial charge is 0.0683 e. The van der Waals surface area contributed by atoms with E-state index in [1.807, 2.05) is 55.4 Å². The van der Waals surface area contributed by atoms with Crippen molar-refractivity contribution in [2.24, 2.45) is 16.7 Å². The van der Waals surface area contributed by atoms with Gasteiger partial charge in [0.15, 0.2) is 0 Å². The molecule has 2 aromatic carbocycles. The summed E-state index contributed by atoms with van der Waals surface area (Å²) in [7, 11) is 0. The number of hydrogen-bond acceptors (Lipinski definition) is 0. The molecule has 36 heavy (non-hydrogen) atoms. The van der Waals surface area contributed by atoms with Crippen LogP contribution in [0, 0.1) is 16.7 Å². The van der Waals surface area contributed by atoms with Crippen LogP contribution >= 0.6 is 0 Å². The number of benzene rings is 2. The van der Waals surface area contributed by atoms with Crippen molar-refractivity contribution in [2.75, 3.05) is 0 Å². The van der Waals surface area contributed by atoms with Crippen LogP contribution in [0.4, 0.5) is 0 Å². The van der Waals surface area contributed by atoms with Crippen molar-refractivity contribution in [1.82, 2.24) is 0 Å². The highest BCUT2D eigenvalue weighted by Crippen LogP contribution is 2.43. The molecule has 0 radical (unpaired) electrons. The number of rotatable bonds is 0.